The van der Waals surface area contributed by atoms with E-state index in [0.29, 0.717) is 0 Å². The Morgan fingerprint density at radius 1 is 0.381 bits per heavy atom. The van der Waals surface area contributed by atoms with E-state index in [0.717, 1.165) is 0 Å². The van der Waals surface area contributed by atoms with Crippen LogP contribution in [0.25, 0.3) is 0 Å². The highest BCUT2D eigenvalue weighted by molar-refractivity contribution is 7.87. The Balaban J connectivity index is 7.47. The highest BCUT2D eigenvalue weighted by atomic mass is 32.2. The predicted molar refractivity (Wildman–Crippen MR) is 76.3 cm³/mol. The van der Waals surface area contributed by atoms with Gasteiger partial charge in [0.2, 0.25) is 11.7 Å². The van der Waals surface area contributed by atoms with Gasteiger partial charge < -0.3 is 0 Å². The van der Waals surface area contributed by atoms with Crippen molar-refractivity contribution in [3.63, 3.8) is 0 Å². The molecule has 1 N–H and O–H groups in total. The summed E-state index contributed by atoms with van der Waals surface area (Å²) < 4.78 is 356. The van der Waals surface area contributed by atoms with Crippen LogP contribution in [0.2, 0.25) is 0 Å². The van der Waals surface area contributed by atoms with Gasteiger partial charge in [0.25, 0.3) is 0 Å². The topological polar surface area (TPSA) is 54.4 Å². The third-order valence-corrected chi connectivity index (χ3v) is 5.47. The lowest BCUT2D eigenvalue weighted by Crippen LogP contribution is -2.77. The van der Waals surface area contributed by atoms with Crippen LogP contribution in [0.3, 0.4) is 0 Å². The average Bonchev–Trinajstić information content (AvgIpc) is 2.75. The zero-order chi connectivity index (χ0) is 35.2. The van der Waals surface area contributed by atoms with E-state index in [2.05, 4.69) is 0 Å². The van der Waals surface area contributed by atoms with Crippen LogP contribution in [0.4, 0.5) is 110 Å². The van der Waals surface area contributed by atoms with Crippen LogP contribution in [-0.4, -0.2) is 77.7 Å². The van der Waals surface area contributed by atoms with Gasteiger partial charge in [-0.05, 0) is 0 Å². The Kier molecular flexibility index (Phi) is 9.21. The minimum absolute atomic E-state index is 5.23. The van der Waals surface area contributed by atoms with E-state index >= 15 is 0 Å². The largest absolute Gasteiger partial charge is 0.445 e. The molecule has 252 valence electrons. The van der Waals surface area contributed by atoms with Crippen LogP contribution >= 0.6 is 0 Å². The molecule has 0 unspecified atom stereocenters. The maximum atomic E-state index is 13.6. The molecule has 0 aliphatic carbocycles. The molecular formula is C13HF25O3S. The molecule has 42 heavy (non-hydrogen) atoms. The summed E-state index contributed by atoms with van der Waals surface area (Å²) >= 11 is 0. The van der Waals surface area contributed by atoms with Crippen LogP contribution in [0, 0.1) is 0 Å². The molecule has 29 heteroatoms. The van der Waals surface area contributed by atoms with Gasteiger partial charge in [0.1, 0.15) is 0 Å². The summed E-state index contributed by atoms with van der Waals surface area (Å²) in [6.45, 7) is 0. The minimum Gasteiger partial charge on any atom is -0.281 e. The predicted octanol–water partition coefficient (Wildman–Crippen LogP) is 7.90. The zero-order valence-electron chi connectivity index (χ0n) is 17.6. The summed E-state index contributed by atoms with van der Waals surface area (Å²) in [4.78, 5) is 0. The maximum Gasteiger partial charge on any atom is 0.445 e. The summed E-state index contributed by atoms with van der Waals surface area (Å²) in [5.74, 6) is -94.6. The molecule has 3 nitrogen and oxygen atoms in total. The first-order valence-electron chi connectivity index (χ1n) is 8.44. The fourth-order valence-electron chi connectivity index (χ4n) is 2.13. The normalized spacial score (nSPS) is 17.4. The van der Waals surface area contributed by atoms with Crippen LogP contribution in [0.1, 0.15) is 0 Å². The molecular weight excluding hydrogens is 711 g/mol. The molecule has 0 aromatic heterocycles. The van der Waals surface area contributed by atoms with E-state index in [9.17, 15) is 118 Å². The molecule has 0 aromatic rings. The van der Waals surface area contributed by atoms with Crippen molar-refractivity contribution in [2.75, 3.05) is 0 Å². The summed E-state index contributed by atoms with van der Waals surface area (Å²) in [6.07, 6.45) is -7.26. The van der Waals surface area contributed by atoms with E-state index in [1.54, 1.807) is 0 Å². The van der Waals surface area contributed by atoms with Gasteiger partial charge >= 0.3 is 74.9 Å². The van der Waals surface area contributed by atoms with Gasteiger partial charge in [-0.1, -0.05) is 0 Å². The molecule has 0 saturated heterocycles. The molecule has 0 spiro atoms. The number of hydrogen-bond acceptors (Lipinski definition) is 2. The second kappa shape index (κ2) is 9.70. The lowest BCUT2D eigenvalue weighted by Gasteiger charge is -2.44. The van der Waals surface area contributed by atoms with Crippen molar-refractivity contribution in [3.05, 3.63) is 11.7 Å². The van der Waals surface area contributed by atoms with Gasteiger partial charge in [-0.25, -0.2) is 4.39 Å². The van der Waals surface area contributed by atoms with Crippen molar-refractivity contribution in [2.24, 2.45) is 0 Å². The number of halogens is 25. The van der Waals surface area contributed by atoms with Crippen molar-refractivity contribution < 1.29 is 123 Å². The summed E-state index contributed by atoms with van der Waals surface area (Å²) in [6, 6.07) is 0. The highest BCUT2D eigenvalue weighted by Crippen LogP contribution is 2.67. The number of alkyl halides is 23. The minimum atomic E-state index is -9.68. The second-order valence-electron chi connectivity index (χ2n) is 7.29. The third kappa shape index (κ3) is 4.78. The van der Waals surface area contributed by atoms with Gasteiger partial charge in [0.15, 0.2) is 0 Å². The molecule has 0 bridgehead atoms. The van der Waals surface area contributed by atoms with Gasteiger partial charge in [-0.2, -0.15) is 114 Å². The van der Waals surface area contributed by atoms with Gasteiger partial charge in [-0.15, -0.1) is 0 Å². The lowest BCUT2D eigenvalue weighted by atomic mass is 9.86. The Hall–Kier alpha value is -2.10. The molecule has 0 amide bonds. The highest BCUT2D eigenvalue weighted by Gasteiger charge is 2.98. The van der Waals surface area contributed by atoms with Crippen LogP contribution in [0.5, 0.6) is 0 Å². The van der Waals surface area contributed by atoms with E-state index in [1.165, 1.54) is 0 Å². The lowest BCUT2D eigenvalue weighted by molar-refractivity contribution is -0.465. The number of rotatable bonds is 11. The first-order valence-corrected chi connectivity index (χ1v) is 9.88. The Morgan fingerprint density at radius 3 is 0.810 bits per heavy atom. The average molecular weight is 712 g/mol. The zero-order valence-corrected chi connectivity index (χ0v) is 18.4. The van der Waals surface area contributed by atoms with Crippen molar-refractivity contribution >= 4 is 10.1 Å². The quantitative estimate of drug-likeness (QED) is 0.175. The molecule has 0 radical (unpaired) electrons. The van der Waals surface area contributed by atoms with Gasteiger partial charge in [0, 0.05) is 0 Å². The molecule has 0 aromatic carbocycles. The van der Waals surface area contributed by atoms with E-state index in [4.69, 9.17) is 4.55 Å². The number of allylic oxidation sites excluding steroid dienone is 2. The second-order valence-corrected chi connectivity index (χ2v) is 8.75. The van der Waals surface area contributed by atoms with Crippen LogP contribution in [-0.2, 0) is 10.1 Å². The SMILES string of the molecule is O=S(=O)(O)C(F)(F)C(F)(F)C(F)(F)C(F)(F)C(F)(F)C(F)(F)C(F)(F)C(F)(F)C(F)(F)C(F)(F)C(F)=C(F)C(F)(F)F. The van der Waals surface area contributed by atoms with Crippen molar-refractivity contribution in [1.29, 1.82) is 0 Å². The Morgan fingerprint density at radius 2 is 0.595 bits per heavy atom. The molecule has 0 rings (SSSR count). The van der Waals surface area contributed by atoms with Crippen LogP contribution in [0.15, 0.2) is 11.7 Å². The molecule has 0 aliphatic rings. The van der Waals surface area contributed by atoms with E-state index in [-0.39, 0.29) is 0 Å². The summed E-state index contributed by atoms with van der Waals surface area (Å²) in [5, 5.41) is -8.20. The molecule has 0 heterocycles. The Bertz CT molecular complexity index is 1170. The van der Waals surface area contributed by atoms with Crippen molar-refractivity contribution in [3.8, 4) is 0 Å². The molecule has 0 atom stereocenters. The first-order chi connectivity index (χ1) is 17.6. The molecule has 0 saturated carbocycles. The summed E-state index contributed by atoms with van der Waals surface area (Å²) in [5.41, 5.74) is 0. The Labute approximate surface area is 210 Å². The van der Waals surface area contributed by atoms with Crippen molar-refractivity contribution in [2.45, 2.75) is 64.7 Å². The van der Waals surface area contributed by atoms with E-state index < -0.39 is 86.5 Å². The van der Waals surface area contributed by atoms with Gasteiger partial charge in [0.05, 0.1) is 0 Å². The molecule has 0 aliphatic heterocycles. The number of hydrogen-bond donors (Lipinski definition) is 1. The third-order valence-electron chi connectivity index (χ3n) is 4.56. The van der Waals surface area contributed by atoms with Crippen LogP contribution < -0.4 is 0 Å². The van der Waals surface area contributed by atoms with Crippen molar-refractivity contribution in [1.82, 2.24) is 0 Å². The first kappa shape index (κ1) is 39.9. The molecule has 0 fully saturated rings. The summed E-state index contributed by atoms with van der Waals surface area (Å²) in [7, 11) is -8.23. The fourth-order valence-corrected chi connectivity index (χ4v) is 2.58. The van der Waals surface area contributed by atoms with E-state index in [1.807, 2.05) is 0 Å². The van der Waals surface area contributed by atoms with Gasteiger partial charge in [-0.3, -0.25) is 4.55 Å². The standard InChI is InChI=1S/C13HF25O3S/c14-1(2(15)4(18,19)20)3(16,17)5(21,22)6(23,24)7(25,26)8(27,28)9(29,30)10(31,32)11(33,34)12(35,36)13(37,38)42(39,40)41/h(H,39,40,41). The fraction of sp³-hybridized carbons (Fsp3) is 0.846. The maximum absolute atomic E-state index is 13.6. The monoisotopic (exact) mass is 712 g/mol. The smallest absolute Gasteiger partial charge is 0.281 e.